The largest absolute Gasteiger partial charge is 0.456 e. The van der Waals surface area contributed by atoms with E-state index in [4.69, 9.17) is 16.3 Å². The van der Waals surface area contributed by atoms with Crippen LogP contribution in [0.4, 0.5) is 4.79 Å². The molecule has 0 N–H and O–H groups in total. The monoisotopic (exact) mass is 438 g/mol. The van der Waals surface area contributed by atoms with E-state index in [1.807, 2.05) is 0 Å². The van der Waals surface area contributed by atoms with Crippen molar-refractivity contribution in [2.45, 2.75) is 10.9 Å². The number of rotatable bonds is 5. The third-order valence-corrected chi connectivity index (χ3v) is 7.50. The Morgan fingerprint density at radius 2 is 1.71 bits per heavy atom. The van der Waals surface area contributed by atoms with Crippen molar-refractivity contribution in [2.75, 3.05) is 18.8 Å². The lowest BCUT2D eigenvalue weighted by atomic mass is 10.1. The van der Waals surface area contributed by atoms with Crippen LogP contribution < -0.4 is 4.74 Å². The van der Waals surface area contributed by atoms with Crippen molar-refractivity contribution in [2.24, 2.45) is 0 Å². The zero-order valence-corrected chi connectivity index (χ0v) is 16.8. The van der Waals surface area contributed by atoms with E-state index in [0.717, 1.165) is 16.7 Å². The Hall–Kier alpha value is -2.07. The van der Waals surface area contributed by atoms with Gasteiger partial charge in [0.1, 0.15) is 11.5 Å². The fourth-order valence-electron chi connectivity index (χ4n) is 2.98. The number of para-hydroxylation sites is 1. The molecule has 4 rings (SSSR count). The molecule has 10 heteroatoms. The minimum absolute atomic E-state index is 0.109. The van der Waals surface area contributed by atoms with Crippen molar-refractivity contribution in [3.8, 4) is 11.5 Å². The molecule has 2 fully saturated rings. The highest BCUT2D eigenvalue weighted by atomic mass is 35.5. The predicted octanol–water partition coefficient (Wildman–Crippen LogP) is 3.20. The second-order valence-electron chi connectivity index (χ2n) is 6.30. The molecule has 0 atom stereocenters. The number of imide groups is 1. The maximum Gasteiger partial charge on any atom is 0.289 e. The first-order chi connectivity index (χ1) is 13.4. The molecule has 0 radical (unpaired) electrons. The second kappa shape index (κ2) is 7.40. The molecule has 0 aliphatic carbocycles. The minimum atomic E-state index is -3.70. The standard InChI is InChI=1S/C18H15ClN2O5S2/c19-15-3-1-2-4-16(15)26-13-5-7-14(8-6-13)28(24,25)20-9-12(10-20)21-17(22)11-27-18(21)23/h1-8,12H,9-11H2. The molecule has 2 heterocycles. The molecule has 0 bridgehead atoms. The van der Waals surface area contributed by atoms with Gasteiger partial charge >= 0.3 is 0 Å². The van der Waals surface area contributed by atoms with Gasteiger partial charge in [0, 0.05) is 13.1 Å². The molecule has 2 aromatic carbocycles. The minimum Gasteiger partial charge on any atom is -0.456 e. The summed E-state index contributed by atoms with van der Waals surface area (Å²) in [6, 6.07) is 12.6. The Labute approximate surface area is 171 Å². The number of halogens is 1. The Morgan fingerprint density at radius 1 is 1.04 bits per heavy atom. The fraction of sp³-hybridized carbons (Fsp3) is 0.222. The van der Waals surface area contributed by atoms with Gasteiger partial charge in [0.15, 0.2) is 0 Å². The average Bonchev–Trinajstić information content (AvgIpc) is 2.95. The third-order valence-electron chi connectivity index (χ3n) is 4.50. The Balaban J connectivity index is 1.43. The van der Waals surface area contributed by atoms with E-state index in [1.165, 1.54) is 16.4 Å². The van der Waals surface area contributed by atoms with Crippen molar-refractivity contribution in [1.82, 2.24) is 9.21 Å². The zero-order chi connectivity index (χ0) is 19.9. The van der Waals surface area contributed by atoms with Gasteiger partial charge in [0.25, 0.3) is 5.24 Å². The fourth-order valence-corrected chi connectivity index (χ4v) is 5.44. The summed E-state index contributed by atoms with van der Waals surface area (Å²) >= 11 is 7.00. The number of ether oxygens (including phenoxy) is 1. The van der Waals surface area contributed by atoms with Crippen molar-refractivity contribution in [3.05, 3.63) is 53.6 Å². The molecule has 2 aliphatic heterocycles. The number of sulfonamides is 1. The Morgan fingerprint density at radius 3 is 2.32 bits per heavy atom. The molecule has 0 aromatic heterocycles. The van der Waals surface area contributed by atoms with Crippen LogP contribution in [-0.2, 0) is 14.8 Å². The second-order valence-corrected chi connectivity index (χ2v) is 9.57. The van der Waals surface area contributed by atoms with E-state index >= 15 is 0 Å². The van der Waals surface area contributed by atoms with Gasteiger partial charge in [-0.25, -0.2) is 8.42 Å². The number of hydrogen-bond acceptors (Lipinski definition) is 6. The summed E-state index contributed by atoms with van der Waals surface area (Å²) in [5.41, 5.74) is 0. The SMILES string of the molecule is O=C1CSC(=O)N1C1CN(S(=O)(=O)c2ccc(Oc3ccccc3Cl)cc2)C1. The molecule has 0 unspecified atom stereocenters. The topological polar surface area (TPSA) is 84.0 Å². The number of carbonyl (C=O) groups is 2. The summed E-state index contributed by atoms with van der Waals surface area (Å²) in [6.07, 6.45) is 0. The number of nitrogens with zero attached hydrogens (tertiary/aromatic N) is 2. The molecule has 2 aromatic rings. The lowest BCUT2D eigenvalue weighted by Gasteiger charge is -2.41. The van der Waals surface area contributed by atoms with E-state index in [2.05, 4.69) is 0 Å². The quantitative estimate of drug-likeness (QED) is 0.712. The van der Waals surface area contributed by atoms with Crippen LogP contribution in [0.3, 0.4) is 0 Å². The molecule has 2 amide bonds. The number of hydrogen-bond donors (Lipinski definition) is 0. The molecule has 7 nitrogen and oxygen atoms in total. The van der Waals surface area contributed by atoms with Crippen LogP contribution in [0.25, 0.3) is 0 Å². The predicted molar refractivity (Wildman–Crippen MR) is 105 cm³/mol. The molecule has 2 aliphatic rings. The van der Waals surface area contributed by atoms with E-state index in [-0.39, 0.29) is 34.9 Å². The molecular formula is C18H15ClN2O5S2. The summed E-state index contributed by atoms with van der Waals surface area (Å²) in [6.45, 7) is 0.219. The van der Waals surface area contributed by atoms with Crippen LogP contribution in [0, 0.1) is 0 Å². The van der Waals surface area contributed by atoms with E-state index in [1.54, 1.807) is 36.4 Å². The summed E-state index contributed by atoms with van der Waals surface area (Å²) in [5, 5.41) is 0.142. The molecule has 0 saturated carbocycles. The van der Waals surface area contributed by atoms with Crippen molar-refractivity contribution in [1.29, 1.82) is 0 Å². The van der Waals surface area contributed by atoms with Gasteiger partial charge < -0.3 is 4.74 Å². The summed E-state index contributed by atoms with van der Waals surface area (Å²) < 4.78 is 32.4. The van der Waals surface area contributed by atoms with Gasteiger partial charge in [0.05, 0.1) is 21.7 Å². The molecule has 2 saturated heterocycles. The normalized spacial score (nSPS) is 18.4. The first-order valence-corrected chi connectivity index (χ1v) is 11.2. The van der Waals surface area contributed by atoms with Crippen LogP contribution in [0.2, 0.25) is 5.02 Å². The maximum absolute atomic E-state index is 12.7. The van der Waals surface area contributed by atoms with E-state index < -0.39 is 16.1 Å². The number of benzene rings is 2. The van der Waals surface area contributed by atoms with Crippen molar-refractivity contribution >= 4 is 44.5 Å². The van der Waals surface area contributed by atoms with E-state index in [9.17, 15) is 18.0 Å². The average molecular weight is 439 g/mol. The lowest BCUT2D eigenvalue weighted by Crippen LogP contribution is -2.61. The van der Waals surface area contributed by atoms with Crippen LogP contribution in [-0.4, -0.2) is 53.7 Å². The number of thioether (sulfide) groups is 1. The Kier molecular flexibility index (Phi) is 5.09. The number of amides is 2. The highest BCUT2D eigenvalue weighted by Gasteiger charge is 2.45. The Bertz CT molecular complexity index is 1020. The van der Waals surface area contributed by atoms with Gasteiger partial charge in [-0.05, 0) is 36.4 Å². The van der Waals surface area contributed by atoms with Gasteiger partial charge in [-0.1, -0.05) is 35.5 Å². The van der Waals surface area contributed by atoms with Gasteiger partial charge in [-0.2, -0.15) is 4.31 Å². The molecule has 28 heavy (non-hydrogen) atoms. The van der Waals surface area contributed by atoms with Crippen LogP contribution in [0.1, 0.15) is 0 Å². The first-order valence-electron chi connectivity index (χ1n) is 8.37. The van der Waals surface area contributed by atoms with Gasteiger partial charge in [-0.15, -0.1) is 0 Å². The molecule has 146 valence electrons. The number of carbonyl (C=O) groups excluding carboxylic acids is 2. The van der Waals surface area contributed by atoms with Crippen LogP contribution in [0.5, 0.6) is 11.5 Å². The summed E-state index contributed by atoms with van der Waals surface area (Å²) in [5.74, 6) is 0.787. The first kappa shape index (κ1) is 19.3. The summed E-state index contributed by atoms with van der Waals surface area (Å²) in [4.78, 5) is 24.8. The van der Waals surface area contributed by atoms with Crippen LogP contribution in [0.15, 0.2) is 53.4 Å². The van der Waals surface area contributed by atoms with Gasteiger partial charge in [-0.3, -0.25) is 14.5 Å². The lowest BCUT2D eigenvalue weighted by molar-refractivity contribution is -0.127. The summed E-state index contributed by atoms with van der Waals surface area (Å²) in [7, 11) is -3.70. The van der Waals surface area contributed by atoms with Crippen molar-refractivity contribution < 1.29 is 22.7 Å². The van der Waals surface area contributed by atoms with Crippen LogP contribution >= 0.6 is 23.4 Å². The smallest absolute Gasteiger partial charge is 0.289 e. The third kappa shape index (κ3) is 3.50. The van der Waals surface area contributed by atoms with Crippen molar-refractivity contribution in [3.63, 3.8) is 0 Å². The highest BCUT2D eigenvalue weighted by Crippen LogP contribution is 2.32. The highest BCUT2D eigenvalue weighted by molar-refractivity contribution is 8.14. The maximum atomic E-state index is 12.7. The zero-order valence-electron chi connectivity index (χ0n) is 14.4. The molecular weight excluding hydrogens is 424 g/mol. The molecule has 0 spiro atoms. The van der Waals surface area contributed by atoms with E-state index in [0.29, 0.717) is 16.5 Å². The van der Waals surface area contributed by atoms with Gasteiger partial charge in [0.2, 0.25) is 15.9 Å².